The van der Waals surface area contributed by atoms with Crippen molar-refractivity contribution in [2.45, 2.75) is 0 Å². The first-order valence-electron chi connectivity index (χ1n) is 4.30. The minimum absolute atomic E-state index is 0.551. The maximum atomic E-state index is 5.86. The fourth-order valence-electron chi connectivity index (χ4n) is 1.23. The molecule has 3 N–H and O–H groups in total. The zero-order valence-corrected chi connectivity index (χ0v) is 8.21. The lowest BCUT2D eigenvalue weighted by Gasteiger charge is -1.98. The summed E-state index contributed by atoms with van der Waals surface area (Å²) >= 11 is 5.86. The highest BCUT2D eigenvalue weighted by atomic mass is 35.5. The molecule has 0 spiro atoms. The van der Waals surface area contributed by atoms with Crippen molar-refractivity contribution < 1.29 is 4.52 Å². The molecule has 74 valence electrons. The second-order valence-corrected chi connectivity index (χ2v) is 3.32. The monoisotopic (exact) mass is 211 g/mol. The van der Waals surface area contributed by atoms with E-state index in [1.54, 1.807) is 12.1 Å². The summed E-state index contributed by atoms with van der Waals surface area (Å²) in [4.78, 5) is 0. The van der Waals surface area contributed by atoms with Crippen molar-refractivity contribution >= 4 is 28.4 Å². The van der Waals surface area contributed by atoms with Gasteiger partial charge in [-0.3, -0.25) is 0 Å². The summed E-state index contributed by atoms with van der Waals surface area (Å²) < 4.78 is 5.09. The van der Waals surface area contributed by atoms with E-state index in [9.17, 15) is 0 Å². The summed E-state index contributed by atoms with van der Waals surface area (Å²) in [5, 5.41) is 8.47. The molecule has 4 nitrogen and oxygen atoms in total. The maximum absolute atomic E-state index is 5.86. The predicted octanol–water partition coefficient (Wildman–Crippen LogP) is 1.85. The zero-order chi connectivity index (χ0) is 9.97. The SMILES string of the molecule is NCCNc1noc2ccc(Cl)cc12. The second-order valence-electron chi connectivity index (χ2n) is 2.89. The van der Waals surface area contributed by atoms with E-state index in [1.165, 1.54) is 0 Å². The molecule has 0 amide bonds. The highest BCUT2D eigenvalue weighted by Gasteiger charge is 2.06. The van der Waals surface area contributed by atoms with E-state index in [2.05, 4.69) is 10.5 Å². The van der Waals surface area contributed by atoms with Crippen LogP contribution >= 0.6 is 11.6 Å². The number of nitrogens with zero attached hydrogens (tertiary/aromatic N) is 1. The summed E-state index contributed by atoms with van der Waals surface area (Å²) in [6.07, 6.45) is 0. The molecule has 1 aromatic heterocycles. The Morgan fingerprint density at radius 3 is 3.14 bits per heavy atom. The number of anilines is 1. The van der Waals surface area contributed by atoms with Gasteiger partial charge in [-0.2, -0.15) is 0 Å². The van der Waals surface area contributed by atoms with Crippen molar-refractivity contribution in [2.75, 3.05) is 18.4 Å². The van der Waals surface area contributed by atoms with Crippen LogP contribution < -0.4 is 11.1 Å². The highest BCUT2D eigenvalue weighted by molar-refractivity contribution is 6.31. The third-order valence-electron chi connectivity index (χ3n) is 1.87. The molecule has 0 bridgehead atoms. The molecule has 0 atom stereocenters. The number of hydrogen-bond acceptors (Lipinski definition) is 4. The summed E-state index contributed by atoms with van der Waals surface area (Å²) in [5.74, 6) is 0.688. The van der Waals surface area contributed by atoms with E-state index in [1.807, 2.05) is 6.07 Å². The molecule has 1 aromatic carbocycles. The Kier molecular flexibility index (Phi) is 2.56. The minimum atomic E-state index is 0.551. The average Bonchev–Trinajstić information content (AvgIpc) is 2.57. The van der Waals surface area contributed by atoms with Crippen LogP contribution in [0.1, 0.15) is 0 Å². The van der Waals surface area contributed by atoms with Gasteiger partial charge in [0.1, 0.15) is 0 Å². The van der Waals surface area contributed by atoms with Crippen molar-refractivity contribution in [1.29, 1.82) is 0 Å². The first-order chi connectivity index (χ1) is 6.81. The molecular formula is C9H10ClN3O. The van der Waals surface area contributed by atoms with Gasteiger partial charge in [0.25, 0.3) is 0 Å². The number of aromatic nitrogens is 1. The number of halogens is 1. The summed E-state index contributed by atoms with van der Waals surface area (Å²) in [5.41, 5.74) is 6.09. The van der Waals surface area contributed by atoms with Crippen LogP contribution in [0.15, 0.2) is 22.7 Å². The Bertz CT molecular complexity index is 441. The molecule has 0 unspecified atom stereocenters. The van der Waals surface area contributed by atoms with E-state index >= 15 is 0 Å². The number of nitrogens with two attached hydrogens (primary N) is 1. The number of nitrogens with one attached hydrogen (secondary N) is 1. The molecule has 0 aliphatic rings. The number of benzene rings is 1. The van der Waals surface area contributed by atoms with Crippen molar-refractivity contribution in [3.05, 3.63) is 23.2 Å². The van der Waals surface area contributed by atoms with E-state index in [4.69, 9.17) is 21.9 Å². The van der Waals surface area contributed by atoms with Crippen LogP contribution in [0.4, 0.5) is 5.82 Å². The van der Waals surface area contributed by atoms with Crippen LogP contribution in [-0.4, -0.2) is 18.2 Å². The molecular weight excluding hydrogens is 202 g/mol. The van der Waals surface area contributed by atoms with E-state index in [0.717, 1.165) is 5.39 Å². The van der Waals surface area contributed by atoms with Gasteiger partial charge in [-0.25, -0.2) is 0 Å². The van der Waals surface area contributed by atoms with Crippen LogP contribution in [0.3, 0.4) is 0 Å². The number of rotatable bonds is 3. The lowest BCUT2D eigenvalue weighted by atomic mass is 10.2. The first kappa shape index (κ1) is 9.30. The number of hydrogen-bond donors (Lipinski definition) is 2. The summed E-state index contributed by atoms with van der Waals surface area (Å²) in [6, 6.07) is 5.37. The lowest BCUT2D eigenvalue weighted by Crippen LogP contribution is -2.13. The van der Waals surface area contributed by atoms with Gasteiger partial charge in [-0.05, 0) is 18.2 Å². The quantitative estimate of drug-likeness (QED) is 0.814. The molecule has 1 heterocycles. The third kappa shape index (κ3) is 1.66. The van der Waals surface area contributed by atoms with Crippen molar-refractivity contribution in [1.82, 2.24) is 5.16 Å². The topological polar surface area (TPSA) is 64.1 Å². The van der Waals surface area contributed by atoms with Gasteiger partial charge < -0.3 is 15.6 Å². The molecule has 0 fully saturated rings. The van der Waals surface area contributed by atoms with Crippen LogP contribution in [0.25, 0.3) is 11.0 Å². The molecule has 0 saturated heterocycles. The summed E-state index contributed by atoms with van der Waals surface area (Å²) in [6.45, 7) is 1.21. The molecule has 0 saturated carbocycles. The Balaban J connectivity index is 2.40. The Morgan fingerprint density at radius 2 is 2.36 bits per heavy atom. The molecule has 14 heavy (non-hydrogen) atoms. The van der Waals surface area contributed by atoms with Crippen LogP contribution in [0.2, 0.25) is 5.02 Å². The van der Waals surface area contributed by atoms with Crippen LogP contribution in [-0.2, 0) is 0 Å². The normalized spacial score (nSPS) is 10.7. The zero-order valence-electron chi connectivity index (χ0n) is 7.46. The first-order valence-corrected chi connectivity index (χ1v) is 4.68. The largest absolute Gasteiger partial charge is 0.365 e. The Hall–Kier alpha value is -1.26. The predicted molar refractivity (Wildman–Crippen MR) is 56.6 cm³/mol. The van der Waals surface area contributed by atoms with Crippen molar-refractivity contribution in [2.24, 2.45) is 5.73 Å². The number of fused-ring (bicyclic) bond motifs is 1. The molecule has 2 rings (SSSR count). The van der Waals surface area contributed by atoms with Gasteiger partial charge in [-0.15, -0.1) is 0 Å². The lowest BCUT2D eigenvalue weighted by molar-refractivity contribution is 0.459. The Morgan fingerprint density at radius 1 is 1.50 bits per heavy atom. The van der Waals surface area contributed by atoms with Gasteiger partial charge in [0.05, 0.1) is 5.39 Å². The minimum Gasteiger partial charge on any atom is -0.365 e. The fraction of sp³-hybridized carbons (Fsp3) is 0.222. The highest BCUT2D eigenvalue weighted by Crippen LogP contribution is 2.25. The standard InChI is InChI=1S/C9H10ClN3O/c10-6-1-2-8-7(5-6)9(13-14-8)12-4-3-11/h1-2,5H,3-4,11H2,(H,12,13). The van der Waals surface area contributed by atoms with Gasteiger partial charge >= 0.3 is 0 Å². The van der Waals surface area contributed by atoms with E-state index in [0.29, 0.717) is 29.5 Å². The maximum Gasteiger partial charge on any atom is 0.177 e. The second kappa shape index (κ2) is 3.86. The van der Waals surface area contributed by atoms with E-state index in [-0.39, 0.29) is 0 Å². The molecule has 0 aliphatic carbocycles. The van der Waals surface area contributed by atoms with Crippen LogP contribution in [0.5, 0.6) is 0 Å². The average molecular weight is 212 g/mol. The fourth-order valence-corrected chi connectivity index (χ4v) is 1.40. The van der Waals surface area contributed by atoms with Gasteiger partial charge in [0, 0.05) is 18.1 Å². The van der Waals surface area contributed by atoms with Crippen molar-refractivity contribution in [3.63, 3.8) is 0 Å². The molecule has 2 aromatic rings. The molecule has 5 heteroatoms. The van der Waals surface area contributed by atoms with Gasteiger partial charge in [-0.1, -0.05) is 16.8 Å². The van der Waals surface area contributed by atoms with Gasteiger partial charge in [0.15, 0.2) is 11.4 Å². The Labute approximate surface area is 86.0 Å². The third-order valence-corrected chi connectivity index (χ3v) is 2.10. The van der Waals surface area contributed by atoms with Gasteiger partial charge in [0.2, 0.25) is 0 Å². The summed E-state index contributed by atoms with van der Waals surface area (Å²) in [7, 11) is 0. The van der Waals surface area contributed by atoms with Crippen LogP contribution in [0, 0.1) is 0 Å². The van der Waals surface area contributed by atoms with Crippen molar-refractivity contribution in [3.8, 4) is 0 Å². The smallest absolute Gasteiger partial charge is 0.177 e. The molecule has 0 aliphatic heterocycles. The van der Waals surface area contributed by atoms with E-state index < -0.39 is 0 Å². The molecule has 0 radical (unpaired) electrons.